The highest BCUT2D eigenvalue weighted by atomic mass is 35.5. The van der Waals surface area contributed by atoms with E-state index in [1.54, 1.807) is 31.4 Å². The number of aromatic nitrogens is 1. The highest BCUT2D eigenvalue weighted by Gasteiger charge is 2.11. The Kier molecular flexibility index (Phi) is 5.60. The van der Waals surface area contributed by atoms with E-state index in [4.69, 9.17) is 21.3 Å². The smallest absolute Gasteiger partial charge is 0.255 e. The third kappa shape index (κ3) is 4.31. The quantitative estimate of drug-likeness (QED) is 0.407. The van der Waals surface area contributed by atoms with Crippen LogP contribution in [0.1, 0.15) is 10.4 Å². The largest absolute Gasteiger partial charge is 0.497 e. The number of carbonyl (C=O) groups excluding carboxylic acids is 1. The maximum atomic E-state index is 12.5. The van der Waals surface area contributed by atoms with Gasteiger partial charge in [-0.25, -0.2) is 4.98 Å². The third-order valence-corrected chi connectivity index (χ3v) is 5.58. The van der Waals surface area contributed by atoms with Gasteiger partial charge in [0.05, 0.1) is 17.8 Å². The van der Waals surface area contributed by atoms with Gasteiger partial charge in [0, 0.05) is 27.8 Å². The first-order chi connectivity index (χ1) is 14.1. The first kappa shape index (κ1) is 19.2. The fourth-order valence-corrected chi connectivity index (χ4v) is 4.02. The molecule has 0 unspecified atom stereocenters. The number of halogens is 1. The summed E-state index contributed by atoms with van der Waals surface area (Å²) in [4.78, 5) is 17.2. The molecule has 0 aliphatic carbocycles. The van der Waals surface area contributed by atoms with Crippen LogP contribution in [0.25, 0.3) is 21.8 Å². The van der Waals surface area contributed by atoms with Crippen LogP contribution in [-0.4, -0.2) is 18.0 Å². The predicted molar refractivity (Wildman–Crippen MR) is 119 cm³/mol. The highest BCUT2D eigenvalue weighted by Crippen LogP contribution is 2.33. The topological polar surface area (TPSA) is 51.2 Å². The lowest BCUT2D eigenvalue weighted by Gasteiger charge is -2.07. The Morgan fingerprint density at radius 3 is 2.59 bits per heavy atom. The molecule has 1 heterocycles. The summed E-state index contributed by atoms with van der Waals surface area (Å²) in [6, 6.07) is 22.3. The molecule has 4 aromatic rings. The van der Waals surface area contributed by atoms with Gasteiger partial charge >= 0.3 is 0 Å². The van der Waals surface area contributed by atoms with Crippen molar-refractivity contribution in [2.75, 3.05) is 12.4 Å². The molecule has 6 heteroatoms. The first-order valence-corrected chi connectivity index (χ1v) is 10.2. The summed E-state index contributed by atoms with van der Waals surface area (Å²) in [5, 5.41) is 6.45. The number of hydrogen-bond donors (Lipinski definition) is 1. The van der Waals surface area contributed by atoms with E-state index >= 15 is 0 Å². The van der Waals surface area contributed by atoms with Crippen LogP contribution in [0.3, 0.4) is 0 Å². The number of amides is 1. The lowest BCUT2D eigenvalue weighted by Crippen LogP contribution is -2.11. The molecule has 4 rings (SSSR count). The number of rotatable bonds is 5. The summed E-state index contributed by atoms with van der Waals surface area (Å²) in [5.41, 5.74) is 3.94. The molecule has 3 aromatic carbocycles. The minimum atomic E-state index is -0.181. The molecule has 0 bridgehead atoms. The number of anilines is 1. The van der Waals surface area contributed by atoms with Crippen molar-refractivity contribution in [1.29, 1.82) is 0 Å². The Labute approximate surface area is 177 Å². The Hall–Kier alpha value is -3.15. The second-order valence-electron chi connectivity index (χ2n) is 6.28. The van der Waals surface area contributed by atoms with Gasteiger partial charge in [0.2, 0.25) is 0 Å². The zero-order valence-corrected chi connectivity index (χ0v) is 17.1. The van der Waals surface area contributed by atoms with Gasteiger partial charge in [0.15, 0.2) is 0 Å². The number of nitrogens with zero attached hydrogens (tertiary/aromatic N) is 1. The van der Waals surface area contributed by atoms with Gasteiger partial charge in [-0.05, 0) is 42.5 Å². The van der Waals surface area contributed by atoms with Crippen molar-refractivity contribution >= 4 is 34.5 Å². The van der Waals surface area contributed by atoms with Crippen LogP contribution in [-0.2, 0) is 0 Å². The van der Waals surface area contributed by atoms with E-state index in [-0.39, 0.29) is 5.91 Å². The predicted octanol–water partition coefficient (Wildman–Crippen LogP) is 6.39. The molecule has 0 radical (unpaired) electrons. The van der Waals surface area contributed by atoms with E-state index in [1.807, 2.05) is 53.9 Å². The number of benzene rings is 3. The van der Waals surface area contributed by atoms with Crippen LogP contribution < -0.4 is 10.1 Å². The monoisotopic (exact) mass is 420 g/mol. The standard InChI is InChI=1S/C23H17ClN2O2S/c1-28-18-11-9-15(10-12-18)22(27)25-17-6-4-5-16(13-17)21-14-29-23(26-21)19-7-2-3-8-20(19)24/h2-14H,1H3,(H,25,27). The Morgan fingerprint density at radius 2 is 1.83 bits per heavy atom. The van der Waals surface area contributed by atoms with Crippen LogP contribution in [0, 0.1) is 0 Å². The van der Waals surface area contributed by atoms with Crippen molar-refractivity contribution < 1.29 is 9.53 Å². The number of methoxy groups -OCH3 is 1. The molecule has 0 saturated carbocycles. The van der Waals surface area contributed by atoms with E-state index in [9.17, 15) is 4.79 Å². The number of nitrogens with one attached hydrogen (secondary N) is 1. The molecule has 0 atom stereocenters. The van der Waals surface area contributed by atoms with Gasteiger partial charge in [-0.15, -0.1) is 11.3 Å². The molecule has 1 amide bonds. The van der Waals surface area contributed by atoms with Crippen molar-refractivity contribution in [3.05, 3.63) is 88.8 Å². The van der Waals surface area contributed by atoms with Crippen LogP contribution in [0.5, 0.6) is 5.75 Å². The summed E-state index contributed by atoms with van der Waals surface area (Å²) in [5.74, 6) is 0.529. The fourth-order valence-electron chi connectivity index (χ4n) is 2.87. The molecule has 0 aliphatic heterocycles. The molecule has 0 saturated heterocycles. The van der Waals surface area contributed by atoms with Crippen LogP contribution in [0.4, 0.5) is 5.69 Å². The van der Waals surface area contributed by atoms with E-state index in [2.05, 4.69) is 5.32 Å². The minimum Gasteiger partial charge on any atom is -0.497 e. The Morgan fingerprint density at radius 1 is 1.03 bits per heavy atom. The normalized spacial score (nSPS) is 10.6. The maximum absolute atomic E-state index is 12.5. The minimum absolute atomic E-state index is 0.181. The first-order valence-electron chi connectivity index (χ1n) is 8.90. The van der Waals surface area contributed by atoms with Crippen molar-refractivity contribution in [3.8, 4) is 27.6 Å². The average Bonchev–Trinajstić information content (AvgIpc) is 3.24. The van der Waals surface area contributed by atoms with Gasteiger partial charge in [-0.3, -0.25) is 4.79 Å². The Balaban J connectivity index is 1.54. The number of hydrogen-bond acceptors (Lipinski definition) is 4. The molecule has 0 aliphatic rings. The summed E-state index contributed by atoms with van der Waals surface area (Å²) in [7, 11) is 1.59. The van der Waals surface area contributed by atoms with Crippen molar-refractivity contribution in [2.45, 2.75) is 0 Å². The molecule has 0 spiro atoms. The molecular formula is C23H17ClN2O2S. The molecular weight excluding hydrogens is 404 g/mol. The van der Waals surface area contributed by atoms with Crippen molar-refractivity contribution in [1.82, 2.24) is 4.98 Å². The van der Waals surface area contributed by atoms with Crippen molar-refractivity contribution in [2.24, 2.45) is 0 Å². The molecule has 29 heavy (non-hydrogen) atoms. The lowest BCUT2D eigenvalue weighted by atomic mass is 10.1. The molecule has 4 nitrogen and oxygen atoms in total. The second kappa shape index (κ2) is 8.47. The molecule has 1 aromatic heterocycles. The van der Waals surface area contributed by atoms with Gasteiger partial charge < -0.3 is 10.1 Å². The van der Waals surface area contributed by atoms with E-state index < -0.39 is 0 Å². The third-order valence-electron chi connectivity index (χ3n) is 4.38. The van der Waals surface area contributed by atoms with Gasteiger partial charge in [-0.2, -0.15) is 0 Å². The van der Waals surface area contributed by atoms with Crippen molar-refractivity contribution in [3.63, 3.8) is 0 Å². The zero-order chi connectivity index (χ0) is 20.2. The number of thiazole rings is 1. The summed E-state index contributed by atoms with van der Waals surface area (Å²) in [6.07, 6.45) is 0. The van der Waals surface area contributed by atoms with E-state index in [0.29, 0.717) is 22.0 Å². The van der Waals surface area contributed by atoms with Crippen LogP contribution in [0.2, 0.25) is 5.02 Å². The number of carbonyl (C=O) groups is 1. The van der Waals surface area contributed by atoms with Crippen LogP contribution in [0.15, 0.2) is 78.2 Å². The van der Waals surface area contributed by atoms with Crippen LogP contribution >= 0.6 is 22.9 Å². The van der Waals surface area contributed by atoms with Gasteiger partial charge in [0.25, 0.3) is 5.91 Å². The van der Waals surface area contributed by atoms with Gasteiger partial charge in [0.1, 0.15) is 10.8 Å². The summed E-state index contributed by atoms with van der Waals surface area (Å²) < 4.78 is 5.13. The van der Waals surface area contributed by atoms with E-state index in [0.717, 1.165) is 21.8 Å². The maximum Gasteiger partial charge on any atom is 0.255 e. The van der Waals surface area contributed by atoms with E-state index in [1.165, 1.54) is 11.3 Å². The highest BCUT2D eigenvalue weighted by molar-refractivity contribution is 7.13. The zero-order valence-electron chi connectivity index (χ0n) is 15.6. The molecule has 144 valence electrons. The fraction of sp³-hybridized carbons (Fsp3) is 0.0435. The summed E-state index contributed by atoms with van der Waals surface area (Å²) in [6.45, 7) is 0. The number of ether oxygens (including phenoxy) is 1. The Bertz CT molecular complexity index is 1160. The lowest BCUT2D eigenvalue weighted by molar-refractivity contribution is 0.102. The molecule has 1 N–H and O–H groups in total. The van der Waals surface area contributed by atoms with Gasteiger partial charge in [-0.1, -0.05) is 41.9 Å². The SMILES string of the molecule is COc1ccc(C(=O)Nc2cccc(-c3csc(-c4ccccc4Cl)n3)c2)cc1. The average molecular weight is 421 g/mol. The summed E-state index contributed by atoms with van der Waals surface area (Å²) >= 11 is 7.82. The second-order valence-corrected chi connectivity index (χ2v) is 7.55. The molecule has 0 fully saturated rings.